The molecule has 0 aromatic heterocycles. The minimum atomic E-state index is -0.294. The Morgan fingerprint density at radius 2 is 2.03 bits per heavy atom. The number of anilines is 1. The molecule has 31 heavy (non-hydrogen) atoms. The summed E-state index contributed by atoms with van der Waals surface area (Å²) in [5, 5.41) is 5.77. The third-order valence-corrected chi connectivity index (χ3v) is 5.53. The van der Waals surface area contributed by atoms with Crippen LogP contribution in [0.5, 0.6) is 5.75 Å². The smallest absolute Gasteiger partial charge is 0.259 e. The van der Waals surface area contributed by atoms with Crippen molar-refractivity contribution < 1.29 is 19.1 Å². The number of halogens is 1. The quantitative estimate of drug-likeness (QED) is 0.518. The zero-order valence-electron chi connectivity index (χ0n) is 17.9. The molecule has 1 fully saturated rings. The molecule has 1 unspecified atom stereocenters. The van der Waals surface area contributed by atoms with Gasteiger partial charge in [0.15, 0.2) is 0 Å². The molecule has 3 rings (SSSR count). The first kappa shape index (κ1) is 23.3. The maximum Gasteiger partial charge on any atom is 0.259 e. The molecule has 1 aliphatic rings. The predicted octanol–water partition coefficient (Wildman–Crippen LogP) is 5.04. The van der Waals surface area contributed by atoms with Crippen molar-refractivity contribution in [3.63, 3.8) is 0 Å². The molecule has 0 saturated carbocycles. The fraction of sp³-hybridized carbons (Fsp3) is 0.417. The van der Waals surface area contributed by atoms with Crippen LogP contribution in [-0.4, -0.2) is 37.7 Å². The van der Waals surface area contributed by atoms with Crippen LogP contribution in [0, 0.1) is 5.92 Å². The highest BCUT2D eigenvalue weighted by atomic mass is 79.9. The molecule has 6 nitrogen and oxygen atoms in total. The molecule has 2 amide bonds. The van der Waals surface area contributed by atoms with Gasteiger partial charge in [-0.3, -0.25) is 9.59 Å². The van der Waals surface area contributed by atoms with Crippen LogP contribution in [0.4, 0.5) is 5.69 Å². The van der Waals surface area contributed by atoms with Crippen molar-refractivity contribution in [3.8, 4) is 5.75 Å². The second kappa shape index (κ2) is 11.3. The Kier molecular flexibility index (Phi) is 8.49. The standard InChI is InChI=1S/C24H29BrN2O4/c1-16(2)10-12-31-22-9-8-18(25)14-21(22)24(29)27-19-6-3-5-17(13-19)23(28)26-15-20-7-4-11-30-20/h3,5-6,8-9,13-14,16,20H,4,7,10-12,15H2,1-2H3,(H,26,28)(H,27,29). The number of benzene rings is 2. The van der Waals surface area contributed by atoms with Crippen LogP contribution in [-0.2, 0) is 4.74 Å². The summed E-state index contributed by atoms with van der Waals surface area (Å²) in [5.41, 5.74) is 1.47. The van der Waals surface area contributed by atoms with E-state index in [9.17, 15) is 9.59 Å². The molecular formula is C24H29BrN2O4. The fourth-order valence-corrected chi connectivity index (χ4v) is 3.62. The number of hydrogen-bond acceptors (Lipinski definition) is 4. The van der Waals surface area contributed by atoms with Gasteiger partial charge in [-0.2, -0.15) is 0 Å². The highest BCUT2D eigenvalue weighted by Gasteiger charge is 2.18. The summed E-state index contributed by atoms with van der Waals surface area (Å²) in [6.45, 7) is 6.04. The molecule has 1 atom stereocenters. The van der Waals surface area contributed by atoms with E-state index in [1.54, 1.807) is 36.4 Å². The highest BCUT2D eigenvalue weighted by Crippen LogP contribution is 2.25. The summed E-state index contributed by atoms with van der Waals surface area (Å²) >= 11 is 3.42. The zero-order valence-corrected chi connectivity index (χ0v) is 19.5. The molecule has 0 bridgehead atoms. The van der Waals surface area contributed by atoms with Crippen LogP contribution >= 0.6 is 15.9 Å². The van der Waals surface area contributed by atoms with Crippen LogP contribution in [0.15, 0.2) is 46.9 Å². The van der Waals surface area contributed by atoms with Crippen molar-refractivity contribution in [2.75, 3.05) is 25.1 Å². The van der Waals surface area contributed by atoms with Crippen LogP contribution in [0.3, 0.4) is 0 Å². The van der Waals surface area contributed by atoms with Gasteiger partial charge in [-0.25, -0.2) is 0 Å². The van der Waals surface area contributed by atoms with Crippen molar-refractivity contribution in [1.29, 1.82) is 0 Å². The van der Waals surface area contributed by atoms with E-state index in [4.69, 9.17) is 9.47 Å². The Morgan fingerprint density at radius 1 is 1.19 bits per heavy atom. The zero-order chi connectivity index (χ0) is 22.2. The highest BCUT2D eigenvalue weighted by molar-refractivity contribution is 9.10. The van der Waals surface area contributed by atoms with E-state index in [1.165, 1.54) is 0 Å². The van der Waals surface area contributed by atoms with Crippen LogP contribution in [0.2, 0.25) is 0 Å². The van der Waals surface area contributed by atoms with Gasteiger partial charge >= 0.3 is 0 Å². The Labute approximate surface area is 191 Å². The van der Waals surface area contributed by atoms with Gasteiger partial charge in [-0.05, 0) is 61.6 Å². The summed E-state index contributed by atoms with van der Waals surface area (Å²) in [5.74, 6) is 0.568. The minimum absolute atomic E-state index is 0.0810. The third-order valence-electron chi connectivity index (χ3n) is 5.04. The normalized spacial score (nSPS) is 15.7. The number of ether oxygens (including phenoxy) is 2. The molecule has 0 spiro atoms. The van der Waals surface area contributed by atoms with E-state index < -0.39 is 0 Å². The minimum Gasteiger partial charge on any atom is -0.493 e. The van der Waals surface area contributed by atoms with E-state index in [0.29, 0.717) is 41.6 Å². The van der Waals surface area contributed by atoms with Crippen molar-refractivity contribution in [1.82, 2.24) is 5.32 Å². The number of hydrogen-bond donors (Lipinski definition) is 2. The van der Waals surface area contributed by atoms with E-state index in [0.717, 1.165) is 30.3 Å². The van der Waals surface area contributed by atoms with Crippen LogP contribution < -0.4 is 15.4 Å². The molecule has 2 aromatic carbocycles. The first-order valence-electron chi connectivity index (χ1n) is 10.7. The maximum atomic E-state index is 12.9. The van der Waals surface area contributed by atoms with Gasteiger partial charge in [-0.1, -0.05) is 35.8 Å². The van der Waals surface area contributed by atoms with Gasteiger partial charge < -0.3 is 20.1 Å². The number of amides is 2. The fourth-order valence-electron chi connectivity index (χ4n) is 3.26. The van der Waals surface area contributed by atoms with E-state index in [2.05, 4.69) is 40.4 Å². The van der Waals surface area contributed by atoms with Crippen molar-refractivity contribution >= 4 is 33.4 Å². The van der Waals surface area contributed by atoms with E-state index in [-0.39, 0.29) is 17.9 Å². The number of carbonyl (C=O) groups is 2. The Morgan fingerprint density at radius 3 is 2.77 bits per heavy atom. The molecule has 2 N–H and O–H groups in total. The van der Waals surface area contributed by atoms with Crippen molar-refractivity contribution in [2.45, 2.75) is 39.2 Å². The van der Waals surface area contributed by atoms with Gasteiger partial charge in [0.25, 0.3) is 11.8 Å². The molecule has 1 saturated heterocycles. The summed E-state index contributed by atoms with van der Waals surface area (Å²) in [7, 11) is 0. The van der Waals surface area contributed by atoms with Gasteiger partial charge in [0.1, 0.15) is 5.75 Å². The monoisotopic (exact) mass is 488 g/mol. The Hall–Kier alpha value is -2.38. The summed E-state index contributed by atoms with van der Waals surface area (Å²) < 4.78 is 12.2. The van der Waals surface area contributed by atoms with Gasteiger partial charge in [-0.15, -0.1) is 0 Å². The SMILES string of the molecule is CC(C)CCOc1ccc(Br)cc1C(=O)Nc1cccc(C(=O)NCC2CCCO2)c1. The second-order valence-electron chi connectivity index (χ2n) is 8.05. The molecule has 0 radical (unpaired) electrons. The first-order chi connectivity index (χ1) is 14.9. The molecule has 7 heteroatoms. The summed E-state index contributed by atoms with van der Waals surface area (Å²) in [6, 6.07) is 12.3. The molecule has 2 aromatic rings. The molecule has 0 aliphatic carbocycles. The lowest BCUT2D eigenvalue weighted by molar-refractivity contribution is 0.0857. The van der Waals surface area contributed by atoms with Crippen molar-refractivity contribution in [3.05, 3.63) is 58.1 Å². The summed E-state index contributed by atoms with van der Waals surface area (Å²) in [4.78, 5) is 25.4. The molecule has 1 heterocycles. The molecule has 1 aliphatic heterocycles. The lowest BCUT2D eigenvalue weighted by Crippen LogP contribution is -2.31. The van der Waals surface area contributed by atoms with Gasteiger partial charge in [0, 0.05) is 28.9 Å². The van der Waals surface area contributed by atoms with Crippen LogP contribution in [0.1, 0.15) is 53.8 Å². The Balaban J connectivity index is 1.65. The van der Waals surface area contributed by atoms with E-state index in [1.807, 2.05) is 6.07 Å². The number of carbonyl (C=O) groups excluding carboxylic acids is 2. The first-order valence-corrected chi connectivity index (χ1v) is 11.4. The predicted molar refractivity (Wildman–Crippen MR) is 125 cm³/mol. The lowest BCUT2D eigenvalue weighted by atomic mass is 10.1. The van der Waals surface area contributed by atoms with Crippen molar-refractivity contribution in [2.24, 2.45) is 5.92 Å². The molecule has 166 valence electrons. The summed E-state index contributed by atoms with van der Waals surface area (Å²) in [6.07, 6.45) is 2.98. The van der Waals surface area contributed by atoms with Gasteiger partial charge in [0.05, 0.1) is 18.3 Å². The van der Waals surface area contributed by atoms with Gasteiger partial charge in [0.2, 0.25) is 0 Å². The lowest BCUT2D eigenvalue weighted by Gasteiger charge is -2.14. The second-order valence-corrected chi connectivity index (χ2v) is 8.97. The topological polar surface area (TPSA) is 76.7 Å². The maximum absolute atomic E-state index is 12.9. The average molecular weight is 489 g/mol. The Bertz CT molecular complexity index is 910. The third kappa shape index (κ3) is 7.08. The molecular weight excluding hydrogens is 460 g/mol. The van der Waals surface area contributed by atoms with E-state index >= 15 is 0 Å². The van der Waals surface area contributed by atoms with Crippen LogP contribution in [0.25, 0.3) is 0 Å². The number of rotatable bonds is 9. The largest absolute Gasteiger partial charge is 0.493 e. The average Bonchev–Trinajstić information content (AvgIpc) is 3.26. The number of nitrogens with one attached hydrogen (secondary N) is 2.